The first-order chi connectivity index (χ1) is 9.60. The molecule has 0 aromatic rings. The molecular weight excluding hydrogens is 290 g/mol. The molecule has 0 radical (unpaired) electrons. The fourth-order valence-electron chi connectivity index (χ4n) is 1.62. The summed E-state index contributed by atoms with van der Waals surface area (Å²) >= 11 is 0. The van der Waals surface area contributed by atoms with Crippen molar-refractivity contribution in [1.82, 2.24) is 9.57 Å². The van der Waals surface area contributed by atoms with Gasteiger partial charge in [-0.15, -0.1) is 0 Å². The van der Waals surface area contributed by atoms with Gasteiger partial charge in [-0.2, -0.15) is 0 Å². The van der Waals surface area contributed by atoms with Gasteiger partial charge in [0.2, 0.25) is 5.91 Å². The summed E-state index contributed by atoms with van der Waals surface area (Å²) in [6.45, 7) is 5.12. The number of amides is 1. The average molecular weight is 316 g/mol. The Hall–Kier alpha value is -0.560. The summed E-state index contributed by atoms with van der Waals surface area (Å²) in [4.78, 5) is 25.0. The van der Waals surface area contributed by atoms with E-state index < -0.39 is 0 Å². The van der Waals surface area contributed by atoms with Crippen LogP contribution in [-0.2, 0) is 9.59 Å². The van der Waals surface area contributed by atoms with Crippen LogP contribution in [0.3, 0.4) is 0 Å². The van der Waals surface area contributed by atoms with Gasteiger partial charge in [0.05, 0.1) is 6.04 Å². The van der Waals surface area contributed by atoms with E-state index in [9.17, 15) is 9.59 Å². The Morgan fingerprint density at radius 2 is 1.80 bits per heavy atom. The lowest BCUT2D eigenvalue weighted by molar-refractivity contribution is -0.130. The number of hydrogen-bond acceptors (Lipinski definition) is 3. The van der Waals surface area contributed by atoms with E-state index in [0.717, 1.165) is 6.29 Å². The van der Waals surface area contributed by atoms with E-state index in [1.165, 1.54) is 0 Å². The van der Waals surface area contributed by atoms with E-state index in [0.29, 0.717) is 34.4 Å². The van der Waals surface area contributed by atoms with Gasteiger partial charge in [0.15, 0.2) is 0 Å². The smallest absolute Gasteiger partial charge is 0.223 e. The number of nitrogens with zero attached hydrogens (tertiary/aromatic N) is 2. The maximum Gasteiger partial charge on any atom is 0.223 e. The van der Waals surface area contributed by atoms with Crippen molar-refractivity contribution in [2.75, 3.05) is 20.1 Å². The molecule has 0 aliphatic carbocycles. The molecule has 0 aliphatic rings. The van der Waals surface area contributed by atoms with E-state index in [4.69, 9.17) is 0 Å². The highest BCUT2D eigenvalue weighted by Gasteiger charge is 2.17. The first kappa shape index (κ1) is 19.4. The lowest BCUT2D eigenvalue weighted by Crippen LogP contribution is -2.33. The molecule has 0 rings (SSSR count). The van der Waals surface area contributed by atoms with Gasteiger partial charge in [-0.05, 0) is 35.7 Å². The zero-order chi connectivity index (χ0) is 15.4. The molecule has 0 spiro atoms. The Bertz CT molecular complexity index is 332. The fraction of sp³-hybridized carbons (Fsp3) is 0.571. The zero-order valence-corrected chi connectivity index (χ0v) is 14.7. The molecule has 0 saturated heterocycles. The van der Waals surface area contributed by atoms with Gasteiger partial charge in [0, 0.05) is 19.5 Å². The summed E-state index contributed by atoms with van der Waals surface area (Å²) in [5, 5.41) is 0. The van der Waals surface area contributed by atoms with Crippen LogP contribution in [-0.4, -0.2) is 47.9 Å². The van der Waals surface area contributed by atoms with Crippen molar-refractivity contribution < 1.29 is 9.59 Å². The topological polar surface area (TPSA) is 40.6 Å². The molecule has 114 valence electrons. The molecule has 0 aromatic heterocycles. The molecule has 0 saturated carbocycles. The molecule has 3 atom stereocenters. The zero-order valence-electron chi connectivity index (χ0n) is 12.6. The van der Waals surface area contributed by atoms with Crippen LogP contribution in [0.25, 0.3) is 0 Å². The van der Waals surface area contributed by atoms with E-state index in [2.05, 4.69) is 8.93 Å². The molecule has 0 fully saturated rings. The monoisotopic (exact) mass is 316 g/mol. The summed E-state index contributed by atoms with van der Waals surface area (Å²) in [6, 6.07) is -0.180. The van der Waals surface area contributed by atoms with Gasteiger partial charge in [-0.1, -0.05) is 33.2 Å². The van der Waals surface area contributed by atoms with E-state index in [1.54, 1.807) is 4.90 Å². The highest BCUT2D eigenvalue weighted by molar-refractivity contribution is 8.01. The lowest BCUT2D eigenvalue weighted by atomic mass is 10.1. The summed E-state index contributed by atoms with van der Waals surface area (Å²) < 4.78 is 1.95. The maximum absolute atomic E-state index is 12.2. The minimum absolute atomic E-state index is 0.0912. The lowest BCUT2D eigenvalue weighted by Gasteiger charge is -2.23. The minimum atomic E-state index is -0.180. The molecule has 0 N–H and O–H groups in total. The SMILES string of the molecule is CC=CCN(CC=CC)C(=O)CC[C@@H](C=O)N(C)PP. The number of likely N-dealkylation sites (N-methyl/N-ethyl adjacent to an activating group) is 1. The van der Waals surface area contributed by atoms with E-state index in [1.807, 2.05) is 49.9 Å². The highest BCUT2D eigenvalue weighted by atomic mass is 32.0. The Labute approximate surface area is 126 Å². The Kier molecular flexibility index (Phi) is 11.9. The average Bonchev–Trinajstić information content (AvgIpc) is 2.47. The van der Waals surface area contributed by atoms with Crippen molar-refractivity contribution in [2.45, 2.75) is 32.7 Å². The molecule has 0 bridgehead atoms. The number of aldehydes is 1. The van der Waals surface area contributed by atoms with Crippen LogP contribution in [0.1, 0.15) is 26.7 Å². The van der Waals surface area contributed by atoms with Crippen LogP contribution in [0, 0.1) is 0 Å². The minimum Gasteiger partial charge on any atom is -0.335 e. The van der Waals surface area contributed by atoms with Gasteiger partial charge >= 0.3 is 0 Å². The maximum atomic E-state index is 12.2. The second-order valence-corrected chi connectivity index (χ2v) is 6.16. The number of rotatable bonds is 10. The van der Waals surface area contributed by atoms with Crippen LogP contribution < -0.4 is 0 Å². The quantitative estimate of drug-likeness (QED) is 0.353. The highest BCUT2D eigenvalue weighted by Crippen LogP contribution is 2.27. The molecule has 0 heterocycles. The summed E-state index contributed by atoms with van der Waals surface area (Å²) in [5.41, 5.74) is 0. The first-order valence-corrected chi connectivity index (χ1v) is 9.50. The van der Waals surface area contributed by atoms with Crippen molar-refractivity contribution in [3.8, 4) is 0 Å². The number of hydrogen-bond donors (Lipinski definition) is 0. The Morgan fingerprint density at radius 3 is 2.20 bits per heavy atom. The van der Waals surface area contributed by atoms with Gasteiger partial charge < -0.3 is 9.69 Å². The summed E-state index contributed by atoms with van der Waals surface area (Å²) in [6.07, 6.45) is 9.71. The normalized spacial score (nSPS) is 13.8. The molecule has 4 nitrogen and oxygen atoms in total. The van der Waals surface area contributed by atoms with Gasteiger partial charge in [-0.25, -0.2) is 0 Å². The van der Waals surface area contributed by atoms with Gasteiger partial charge in [0.1, 0.15) is 6.29 Å². The third-order valence-corrected chi connectivity index (χ3v) is 4.95. The number of allylic oxidation sites excluding steroid dienone is 2. The molecule has 0 aromatic carbocycles. The molecule has 6 heteroatoms. The van der Waals surface area contributed by atoms with Crippen molar-refractivity contribution >= 4 is 29.5 Å². The predicted molar refractivity (Wildman–Crippen MR) is 91.1 cm³/mol. The molecule has 2 unspecified atom stereocenters. The standard InChI is InChI=1S/C14H26N2O2P2/c1-4-6-10-16(11-7-5-2)14(18)9-8-13(12-17)15(3)20-19/h4-7,12-13,20H,8-11,19H2,1-3H3/t13-/m0/s1. The molecular formula is C14H26N2O2P2. The van der Waals surface area contributed by atoms with Crippen LogP contribution in [0.15, 0.2) is 24.3 Å². The first-order valence-electron chi connectivity index (χ1n) is 6.75. The number of carbonyl (C=O) groups excluding carboxylic acids is 2. The molecule has 1 amide bonds. The third kappa shape index (κ3) is 7.89. The van der Waals surface area contributed by atoms with Crippen molar-refractivity contribution in [1.29, 1.82) is 0 Å². The number of carbonyl (C=O) groups is 2. The second kappa shape index (κ2) is 12.2. The van der Waals surface area contributed by atoms with Crippen LogP contribution in [0.4, 0.5) is 0 Å². The Morgan fingerprint density at radius 1 is 1.25 bits per heavy atom. The predicted octanol–water partition coefficient (Wildman–Crippen LogP) is 2.63. The fourth-order valence-corrected chi connectivity index (χ4v) is 2.58. The third-order valence-electron chi connectivity index (χ3n) is 2.99. The Balaban J connectivity index is 4.46. The van der Waals surface area contributed by atoms with Gasteiger partial charge in [-0.3, -0.25) is 9.46 Å². The van der Waals surface area contributed by atoms with Gasteiger partial charge in [0.25, 0.3) is 0 Å². The van der Waals surface area contributed by atoms with Crippen LogP contribution in [0.2, 0.25) is 0 Å². The molecule has 0 aliphatic heterocycles. The summed E-state index contributed by atoms with van der Waals surface area (Å²) in [7, 11) is 5.00. The largest absolute Gasteiger partial charge is 0.335 e. The van der Waals surface area contributed by atoms with E-state index >= 15 is 0 Å². The second-order valence-electron chi connectivity index (χ2n) is 4.42. The van der Waals surface area contributed by atoms with Crippen LogP contribution in [0.5, 0.6) is 0 Å². The van der Waals surface area contributed by atoms with Crippen molar-refractivity contribution in [3.63, 3.8) is 0 Å². The summed E-state index contributed by atoms with van der Waals surface area (Å²) in [5.74, 6) is 0.0912. The van der Waals surface area contributed by atoms with Crippen molar-refractivity contribution in [3.05, 3.63) is 24.3 Å². The molecule has 20 heavy (non-hydrogen) atoms. The van der Waals surface area contributed by atoms with E-state index in [-0.39, 0.29) is 11.9 Å². The van der Waals surface area contributed by atoms with Crippen LogP contribution >= 0.6 is 17.3 Å². The van der Waals surface area contributed by atoms with Crippen molar-refractivity contribution in [2.24, 2.45) is 0 Å².